The van der Waals surface area contributed by atoms with Crippen LogP contribution in [0.25, 0.3) is 0 Å². The molecule has 0 spiro atoms. The summed E-state index contributed by atoms with van der Waals surface area (Å²) in [6.45, 7) is 4.07. The van der Waals surface area contributed by atoms with E-state index in [2.05, 4.69) is 11.4 Å². The van der Waals surface area contributed by atoms with Crippen LogP contribution in [0.5, 0.6) is 5.75 Å². The molecule has 0 aliphatic heterocycles. The van der Waals surface area contributed by atoms with E-state index in [1.54, 1.807) is 7.11 Å². The van der Waals surface area contributed by atoms with Crippen LogP contribution in [0.2, 0.25) is 0 Å². The number of methoxy groups -OCH3 is 1. The van der Waals surface area contributed by atoms with Crippen LogP contribution >= 0.6 is 0 Å². The van der Waals surface area contributed by atoms with Crippen molar-refractivity contribution in [3.63, 3.8) is 0 Å². The van der Waals surface area contributed by atoms with Gasteiger partial charge in [-0.15, -0.1) is 0 Å². The number of nitrogens with one attached hydrogen (secondary N) is 1. The fourth-order valence-corrected chi connectivity index (χ4v) is 1.73. The number of aliphatic hydroxyl groups is 1. The number of unbranched alkanes of at least 4 members (excludes halogenated alkanes) is 1. The molecular weight excluding hydrogens is 202 g/mol. The van der Waals surface area contributed by atoms with Gasteiger partial charge in [0.25, 0.3) is 0 Å². The minimum Gasteiger partial charge on any atom is -0.496 e. The van der Waals surface area contributed by atoms with Gasteiger partial charge in [0, 0.05) is 18.7 Å². The molecule has 2 N–H and O–H groups in total. The Labute approximate surface area is 97.4 Å². The monoisotopic (exact) mass is 223 g/mol. The molecule has 1 aromatic rings. The summed E-state index contributed by atoms with van der Waals surface area (Å²) in [6.07, 6.45) is 1.86. The van der Waals surface area contributed by atoms with E-state index in [1.807, 2.05) is 19.1 Å². The van der Waals surface area contributed by atoms with Gasteiger partial charge in [-0.2, -0.15) is 0 Å². The highest BCUT2D eigenvalue weighted by Crippen LogP contribution is 2.22. The zero-order valence-corrected chi connectivity index (χ0v) is 10.1. The van der Waals surface area contributed by atoms with Gasteiger partial charge in [0.05, 0.1) is 7.11 Å². The van der Waals surface area contributed by atoms with Crippen molar-refractivity contribution < 1.29 is 9.84 Å². The maximum absolute atomic E-state index is 8.65. The molecule has 3 nitrogen and oxygen atoms in total. The highest BCUT2D eigenvalue weighted by atomic mass is 16.5. The minimum absolute atomic E-state index is 0.273. The Morgan fingerprint density at radius 1 is 1.31 bits per heavy atom. The maximum atomic E-state index is 8.65. The molecule has 0 radical (unpaired) electrons. The van der Waals surface area contributed by atoms with Crippen molar-refractivity contribution in [3.8, 4) is 5.75 Å². The normalized spacial score (nSPS) is 10.4. The molecule has 0 aliphatic carbocycles. The topological polar surface area (TPSA) is 41.5 Å². The van der Waals surface area contributed by atoms with Crippen LogP contribution in [-0.2, 0) is 6.54 Å². The third-order valence-electron chi connectivity index (χ3n) is 2.57. The first-order valence-electron chi connectivity index (χ1n) is 5.73. The van der Waals surface area contributed by atoms with Gasteiger partial charge in [-0.3, -0.25) is 0 Å². The molecule has 0 saturated heterocycles. The summed E-state index contributed by atoms with van der Waals surface area (Å²) < 4.78 is 5.37. The first-order chi connectivity index (χ1) is 7.79. The van der Waals surface area contributed by atoms with E-state index in [0.717, 1.165) is 37.2 Å². The van der Waals surface area contributed by atoms with Gasteiger partial charge in [-0.1, -0.05) is 18.2 Å². The number of hydrogen-bond donors (Lipinski definition) is 2. The molecule has 3 heteroatoms. The average molecular weight is 223 g/mol. The van der Waals surface area contributed by atoms with Gasteiger partial charge >= 0.3 is 0 Å². The number of aliphatic hydroxyl groups excluding tert-OH is 1. The van der Waals surface area contributed by atoms with E-state index < -0.39 is 0 Å². The third-order valence-corrected chi connectivity index (χ3v) is 2.57. The molecule has 0 unspecified atom stereocenters. The van der Waals surface area contributed by atoms with E-state index in [9.17, 15) is 0 Å². The van der Waals surface area contributed by atoms with Crippen molar-refractivity contribution in [1.29, 1.82) is 0 Å². The molecule has 0 atom stereocenters. The van der Waals surface area contributed by atoms with Gasteiger partial charge in [-0.25, -0.2) is 0 Å². The Morgan fingerprint density at radius 3 is 2.81 bits per heavy atom. The summed E-state index contributed by atoms with van der Waals surface area (Å²) in [6, 6.07) is 6.17. The van der Waals surface area contributed by atoms with Crippen LogP contribution in [0, 0.1) is 6.92 Å². The van der Waals surface area contributed by atoms with E-state index >= 15 is 0 Å². The first kappa shape index (κ1) is 13.0. The van der Waals surface area contributed by atoms with Crippen molar-refractivity contribution in [2.75, 3.05) is 20.3 Å². The van der Waals surface area contributed by atoms with Crippen LogP contribution < -0.4 is 10.1 Å². The van der Waals surface area contributed by atoms with Crippen molar-refractivity contribution in [3.05, 3.63) is 29.3 Å². The summed E-state index contributed by atoms with van der Waals surface area (Å²) in [4.78, 5) is 0. The third kappa shape index (κ3) is 3.83. The van der Waals surface area contributed by atoms with E-state index in [-0.39, 0.29) is 6.61 Å². The number of hydrogen-bond acceptors (Lipinski definition) is 3. The molecule has 0 heterocycles. The van der Waals surface area contributed by atoms with Crippen LogP contribution in [0.1, 0.15) is 24.0 Å². The van der Waals surface area contributed by atoms with Crippen LogP contribution in [0.15, 0.2) is 18.2 Å². The highest BCUT2D eigenvalue weighted by molar-refractivity contribution is 5.40. The molecule has 0 bridgehead atoms. The molecule has 16 heavy (non-hydrogen) atoms. The Balaban J connectivity index is 2.44. The largest absolute Gasteiger partial charge is 0.496 e. The van der Waals surface area contributed by atoms with E-state index in [0.29, 0.717) is 0 Å². The molecule has 1 rings (SSSR count). The van der Waals surface area contributed by atoms with E-state index in [4.69, 9.17) is 9.84 Å². The van der Waals surface area contributed by atoms with Crippen molar-refractivity contribution in [1.82, 2.24) is 5.32 Å². The molecule has 90 valence electrons. The Hall–Kier alpha value is -1.06. The molecule has 0 fully saturated rings. The molecule has 1 aromatic carbocycles. The lowest BCUT2D eigenvalue weighted by molar-refractivity contribution is 0.283. The molecular formula is C13H21NO2. The fraction of sp³-hybridized carbons (Fsp3) is 0.538. The zero-order chi connectivity index (χ0) is 11.8. The van der Waals surface area contributed by atoms with Crippen LogP contribution in [-0.4, -0.2) is 25.4 Å². The molecule has 0 aliphatic rings. The first-order valence-corrected chi connectivity index (χ1v) is 5.73. The second kappa shape index (κ2) is 7.25. The predicted octanol–water partition coefficient (Wildman–Crippen LogP) is 1.87. The number of para-hydroxylation sites is 1. The zero-order valence-electron chi connectivity index (χ0n) is 10.1. The Morgan fingerprint density at radius 2 is 2.12 bits per heavy atom. The standard InChI is InChI=1S/C13H21NO2/c1-11-6-5-7-12(13(11)16-2)10-14-8-3-4-9-15/h5-7,14-15H,3-4,8-10H2,1-2H3. The van der Waals surface area contributed by atoms with Gasteiger partial charge in [0.15, 0.2) is 0 Å². The summed E-state index contributed by atoms with van der Waals surface area (Å²) >= 11 is 0. The fourth-order valence-electron chi connectivity index (χ4n) is 1.73. The van der Waals surface area contributed by atoms with Crippen molar-refractivity contribution in [2.45, 2.75) is 26.3 Å². The van der Waals surface area contributed by atoms with Crippen molar-refractivity contribution >= 4 is 0 Å². The van der Waals surface area contributed by atoms with Gasteiger partial charge in [-0.05, 0) is 31.9 Å². The maximum Gasteiger partial charge on any atom is 0.126 e. The van der Waals surface area contributed by atoms with Crippen LogP contribution in [0.3, 0.4) is 0 Å². The lowest BCUT2D eigenvalue weighted by Gasteiger charge is -2.11. The summed E-state index contributed by atoms with van der Waals surface area (Å²) in [7, 11) is 1.71. The van der Waals surface area contributed by atoms with Gasteiger partial charge in [0.1, 0.15) is 5.75 Å². The smallest absolute Gasteiger partial charge is 0.126 e. The van der Waals surface area contributed by atoms with Crippen LogP contribution in [0.4, 0.5) is 0 Å². The molecule has 0 saturated carbocycles. The lowest BCUT2D eigenvalue weighted by Crippen LogP contribution is -2.15. The van der Waals surface area contributed by atoms with Crippen molar-refractivity contribution in [2.24, 2.45) is 0 Å². The summed E-state index contributed by atoms with van der Waals surface area (Å²) in [5, 5.41) is 12.0. The number of benzene rings is 1. The lowest BCUT2D eigenvalue weighted by atomic mass is 10.1. The Bertz CT molecular complexity index is 313. The quantitative estimate of drug-likeness (QED) is 0.693. The number of aryl methyl sites for hydroxylation is 1. The molecule has 0 aromatic heterocycles. The second-order valence-electron chi connectivity index (χ2n) is 3.87. The van der Waals surface area contributed by atoms with Gasteiger partial charge in [0.2, 0.25) is 0 Å². The highest BCUT2D eigenvalue weighted by Gasteiger charge is 2.04. The number of rotatable bonds is 7. The second-order valence-corrected chi connectivity index (χ2v) is 3.87. The Kier molecular flexibility index (Phi) is 5.90. The molecule has 0 amide bonds. The van der Waals surface area contributed by atoms with Gasteiger partial charge < -0.3 is 15.2 Å². The SMILES string of the molecule is COc1c(C)cccc1CNCCCCO. The van der Waals surface area contributed by atoms with E-state index in [1.165, 1.54) is 5.56 Å². The summed E-state index contributed by atoms with van der Waals surface area (Å²) in [5.41, 5.74) is 2.35. The minimum atomic E-state index is 0.273. The number of ether oxygens (including phenoxy) is 1. The average Bonchev–Trinajstić information content (AvgIpc) is 2.29. The predicted molar refractivity (Wildman–Crippen MR) is 65.8 cm³/mol. The summed E-state index contributed by atoms with van der Waals surface area (Å²) in [5.74, 6) is 0.970.